The van der Waals surface area contributed by atoms with Crippen LogP contribution in [0.5, 0.6) is 0 Å². The van der Waals surface area contributed by atoms with Gasteiger partial charge < -0.3 is 4.42 Å². The maximum Gasteiger partial charge on any atom is 0.143 e. The number of benzene rings is 5. The van der Waals surface area contributed by atoms with E-state index < -0.39 is 0 Å². The third kappa shape index (κ3) is 2.92. The highest BCUT2D eigenvalue weighted by Gasteiger charge is 2.14. The van der Waals surface area contributed by atoms with E-state index in [-0.39, 0.29) is 0 Å². The summed E-state index contributed by atoms with van der Waals surface area (Å²) < 4.78 is 9.13. The smallest absolute Gasteiger partial charge is 0.143 e. The third-order valence-electron chi connectivity index (χ3n) is 6.54. The minimum atomic E-state index is 0.931. The number of hydrogen-bond acceptors (Lipinski definition) is 2. The molecule has 1 nitrogen and oxygen atoms in total. The van der Waals surface area contributed by atoms with Crippen LogP contribution in [-0.4, -0.2) is 0 Å². The van der Waals surface area contributed by atoms with E-state index in [0.29, 0.717) is 0 Å². The lowest BCUT2D eigenvalue weighted by Gasteiger charge is -2.01. The molecule has 0 fully saturated rings. The van der Waals surface area contributed by atoms with Gasteiger partial charge in [-0.3, -0.25) is 0 Å². The molecule has 0 N–H and O–H groups in total. The van der Waals surface area contributed by atoms with E-state index in [9.17, 15) is 0 Å². The fraction of sp³-hybridized carbons (Fsp3) is 0.0323. The Kier molecular flexibility index (Phi) is 3.99. The molecular weight excluding hydrogens is 420 g/mol. The van der Waals surface area contributed by atoms with Crippen molar-refractivity contribution in [2.24, 2.45) is 0 Å². The summed E-state index contributed by atoms with van der Waals surface area (Å²) in [4.78, 5) is 0. The van der Waals surface area contributed by atoms with Crippen LogP contribution in [-0.2, 0) is 0 Å². The van der Waals surface area contributed by atoms with E-state index in [1.807, 2.05) is 11.3 Å². The summed E-state index contributed by atoms with van der Waals surface area (Å²) in [6, 6.07) is 32.7. The highest BCUT2D eigenvalue weighted by molar-refractivity contribution is 7.26. The fourth-order valence-corrected chi connectivity index (χ4v) is 6.04. The van der Waals surface area contributed by atoms with Gasteiger partial charge in [0.05, 0.1) is 0 Å². The summed E-state index contributed by atoms with van der Waals surface area (Å²) in [6.45, 7) is 2.11. The van der Waals surface area contributed by atoms with Crippen molar-refractivity contribution in [3.8, 4) is 0 Å². The van der Waals surface area contributed by atoms with E-state index in [4.69, 9.17) is 4.42 Å². The largest absolute Gasteiger partial charge is 0.455 e. The molecule has 0 aliphatic rings. The van der Waals surface area contributed by atoms with Crippen LogP contribution in [0.4, 0.5) is 0 Å². The maximum absolute atomic E-state index is 6.47. The molecule has 0 aliphatic heterocycles. The average Bonchev–Trinajstić information content (AvgIpc) is 3.41. The van der Waals surface area contributed by atoms with Gasteiger partial charge in [-0.25, -0.2) is 0 Å². The van der Waals surface area contributed by atoms with Crippen molar-refractivity contribution in [1.82, 2.24) is 0 Å². The molecule has 2 aromatic heterocycles. The maximum atomic E-state index is 6.47. The molecule has 2 heterocycles. The van der Waals surface area contributed by atoms with Gasteiger partial charge in [0.1, 0.15) is 11.2 Å². The summed E-state index contributed by atoms with van der Waals surface area (Å²) in [5.41, 5.74) is 5.51. The van der Waals surface area contributed by atoms with E-state index in [0.717, 1.165) is 22.1 Å². The van der Waals surface area contributed by atoms with Gasteiger partial charge in [0.25, 0.3) is 0 Å². The number of thiophene rings is 1. The summed E-state index contributed by atoms with van der Waals surface area (Å²) in [6.07, 6.45) is 4.30. The van der Waals surface area contributed by atoms with E-state index in [2.05, 4.69) is 110 Å². The Balaban J connectivity index is 1.40. The van der Waals surface area contributed by atoms with Crippen molar-refractivity contribution in [3.05, 3.63) is 108 Å². The van der Waals surface area contributed by atoms with Crippen LogP contribution in [0.25, 0.3) is 65.0 Å². The van der Waals surface area contributed by atoms with Crippen LogP contribution >= 0.6 is 11.3 Å². The first-order valence-corrected chi connectivity index (χ1v) is 12.0. The first-order chi connectivity index (χ1) is 16.2. The minimum absolute atomic E-state index is 0.931. The van der Waals surface area contributed by atoms with Crippen molar-refractivity contribution >= 4 is 76.4 Å². The molecule has 0 amide bonds. The minimum Gasteiger partial charge on any atom is -0.455 e. The van der Waals surface area contributed by atoms with E-state index >= 15 is 0 Å². The Morgan fingerprint density at radius 1 is 0.606 bits per heavy atom. The number of hydrogen-bond donors (Lipinski definition) is 0. The average molecular weight is 441 g/mol. The Morgan fingerprint density at radius 3 is 2.09 bits per heavy atom. The second kappa shape index (κ2) is 7.06. The van der Waals surface area contributed by atoms with Gasteiger partial charge in [0.2, 0.25) is 0 Å². The highest BCUT2D eigenvalue weighted by Crippen LogP contribution is 2.42. The zero-order valence-electron chi connectivity index (χ0n) is 18.1. The van der Waals surface area contributed by atoms with Gasteiger partial charge in [0, 0.05) is 41.7 Å². The summed E-state index contributed by atoms with van der Waals surface area (Å²) in [5, 5.41) is 7.43. The topological polar surface area (TPSA) is 13.1 Å². The fourth-order valence-electron chi connectivity index (χ4n) is 4.81. The molecule has 5 aromatic carbocycles. The Bertz CT molecular complexity index is 1860. The molecule has 0 atom stereocenters. The predicted molar refractivity (Wildman–Crippen MR) is 144 cm³/mol. The Hall–Kier alpha value is -3.88. The van der Waals surface area contributed by atoms with Gasteiger partial charge >= 0.3 is 0 Å². The molecule has 0 bridgehead atoms. The third-order valence-corrected chi connectivity index (χ3v) is 7.76. The molecule has 7 aromatic rings. The summed E-state index contributed by atoms with van der Waals surface area (Å²) in [7, 11) is 0. The first-order valence-electron chi connectivity index (χ1n) is 11.2. The lowest BCUT2D eigenvalue weighted by molar-refractivity contribution is 0.672. The molecule has 33 heavy (non-hydrogen) atoms. The zero-order chi connectivity index (χ0) is 21.9. The summed E-state index contributed by atoms with van der Waals surface area (Å²) >= 11 is 1.86. The predicted octanol–water partition coefficient (Wildman–Crippen LogP) is 9.59. The monoisotopic (exact) mass is 440 g/mol. The Morgan fingerprint density at radius 2 is 1.24 bits per heavy atom. The SMILES string of the molecule is Cc1ccc(/C=C/c2ccc3c(c2)oc2c3ccc3c2ccc2c4ccccc4sc23)cc1. The summed E-state index contributed by atoms with van der Waals surface area (Å²) in [5.74, 6) is 0. The van der Waals surface area contributed by atoms with Gasteiger partial charge in [0.15, 0.2) is 0 Å². The molecule has 2 heteroatoms. The van der Waals surface area contributed by atoms with Crippen LogP contribution < -0.4 is 0 Å². The number of furan rings is 1. The molecule has 0 unspecified atom stereocenters. The molecule has 156 valence electrons. The van der Waals surface area contributed by atoms with Crippen molar-refractivity contribution in [2.75, 3.05) is 0 Å². The van der Waals surface area contributed by atoms with Crippen molar-refractivity contribution < 1.29 is 4.42 Å². The molecule has 7 rings (SSSR count). The van der Waals surface area contributed by atoms with E-state index in [1.165, 1.54) is 47.5 Å². The second-order valence-electron chi connectivity index (χ2n) is 8.68. The quantitative estimate of drug-likeness (QED) is 0.244. The van der Waals surface area contributed by atoms with E-state index in [1.54, 1.807) is 0 Å². The second-order valence-corrected chi connectivity index (χ2v) is 9.73. The van der Waals surface area contributed by atoms with Crippen LogP contribution in [0.1, 0.15) is 16.7 Å². The molecule has 0 radical (unpaired) electrons. The van der Waals surface area contributed by atoms with Gasteiger partial charge in [-0.2, -0.15) is 0 Å². The van der Waals surface area contributed by atoms with Crippen molar-refractivity contribution in [3.63, 3.8) is 0 Å². The number of rotatable bonds is 2. The zero-order valence-corrected chi connectivity index (χ0v) is 18.9. The lowest BCUT2D eigenvalue weighted by atomic mass is 10.0. The standard InChI is InChI=1S/C31H20OS/c1-19-6-8-20(9-7-19)10-11-21-12-13-22-24-14-17-27-25(30(24)32-28(22)18-21)15-16-26-23-4-2-3-5-29(23)33-31(26)27/h2-18H,1H3/b11-10+. The molecule has 0 aliphatic carbocycles. The van der Waals surface area contributed by atoms with Crippen molar-refractivity contribution in [1.29, 1.82) is 0 Å². The number of aryl methyl sites for hydroxylation is 1. The molecular formula is C31H20OS. The van der Waals surface area contributed by atoms with Crippen LogP contribution in [0.2, 0.25) is 0 Å². The first kappa shape index (κ1) is 18.7. The van der Waals surface area contributed by atoms with Gasteiger partial charge in [-0.05, 0) is 48.4 Å². The molecule has 0 spiro atoms. The molecule has 0 saturated carbocycles. The highest BCUT2D eigenvalue weighted by atomic mass is 32.1. The van der Waals surface area contributed by atoms with Crippen LogP contribution in [0.3, 0.4) is 0 Å². The normalized spacial score (nSPS) is 12.3. The number of fused-ring (bicyclic) bond motifs is 9. The van der Waals surface area contributed by atoms with Gasteiger partial charge in [-0.1, -0.05) is 78.4 Å². The van der Waals surface area contributed by atoms with Gasteiger partial charge in [-0.15, -0.1) is 11.3 Å². The molecule has 0 saturated heterocycles. The lowest BCUT2D eigenvalue weighted by Crippen LogP contribution is -1.75. The van der Waals surface area contributed by atoms with Crippen LogP contribution in [0, 0.1) is 6.92 Å². The van der Waals surface area contributed by atoms with Crippen molar-refractivity contribution in [2.45, 2.75) is 6.92 Å². The van der Waals surface area contributed by atoms with Crippen LogP contribution in [0.15, 0.2) is 95.4 Å². The Labute approximate surface area is 195 Å².